The first-order valence-electron chi connectivity index (χ1n) is 17.6. The second kappa shape index (κ2) is 13.1. The molecule has 1 aliphatic carbocycles. The molecule has 3 aromatic carbocycles. The highest BCUT2D eigenvalue weighted by Gasteiger charge is 2.65. The maximum atomic E-state index is 14.6. The smallest absolute Gasteiger partial charge is 0.347 e. The van der Waals surface area contributed by atoms with Gasteiger partial charge in [-0.1, -0.05) is 24.3 Å². The number of benzene rings is 3. The lowest BCUT2D eigenvalue weighted by atomic mass is 9.56. The third-order valence-corrected chi connectivity index (χ3v) is 12.1. The number of halogens is 1. The van der Waals surface area contributed by atoms with Crippen LogP contribution < -0.4 is 36.0 Å². The monoisotopic (exact) mass is 812 g/mol. The van der Waals surface area contributed by atoms with E-state index in [4.69, 9.17) is 14.2 Å². The summed E-state index contributed by atoms with van der Waals surface area (Å²) in [6, 6.07) is 14.6. The predicted octanol–water partition coefficient (Wildman–Crippen LogP) is 3.66. The molecular formula is C39H37BrN6O9. The number of phenolic OH excluding ortho intramolecular Hbond substituents is 1. The van der Waals surface area contributed by atoms with Crippen LogP contribution in [0.3, 0.4) is 0 Å². The number of nitrogens with zero attached hydrogens (tertiary/aromatic N) is 6. The second-order valence-corrected chi connectivity index (χ2v) is 15.0. The summed E-state index contributed by atoms with van der Waals surface area (Å²) in [5, 5.41) is 10.7. The highest BCUT2D eigenvalue weighted by molar-refractivity contribution is 9.10. The van der Waals surface area contributed by atoms with Crippen LogP contribution in [-0.4, -0.2) is 61.7 Å². The number of carbonyl (C=O) groups excluding carboxylic acids is 2. The summed E-state index contributed by atoms with van der Waals surface area (Å²) in [5.41, 5.74) is -0.0613. The standard InChI is InChI=1S/C39H37BrN6O9/c1-39-23(34(48)45(36(39)50)21-9-7-6-8-10-21)17-27-22(32(39)20-15-24(40)33(47)31(16-20)55-5)11-14-44-37(51)43(38(52)46(27)44)13-12-25-35(49)42(2)28-19-30(54-4)29(53-3)18-26(28)41-25/h6-11,15-16,18-19,23,27,32,47H,12-14,17H2,1-5H3/t23-,27+,32-,39+/m0/s1. The Kier molecular flexibility index (Phi) is 8.63. The molecule has 5 aromatic rings. The number of methoxy groups -OCH3 is 3. The van der Waals surface area contributed by atoms with E-state index in [1.54, 1.807) is 68.6 Å². The number of amides is 2. The number of anilines is 1. The zero-order valence-electron chi connectivity index (χ0n) is 30.6. The maximum Gasteiger partial charge on any atom is 0.347 e. The fourth-order valence-electron chi connectivity index (χ4n) is 8.73. The van der Waals surface area contributed by atoms with Gasteiger partial charge in [0.15, 0.2) is 23.0 Å². The van der Waals surface area contributed by atoms with Crippen molar-refractivity contribution in [1.29, 1.82) is 0 Å². The molecule has 0 spiro atoms. The van der Waals surface area contributed by atoms with E-state index in [0.29, 0.717) is 43.8 Å². The molecule has 284 valence electrons. The van der Waals surface area contributed by atoms with E-state index in [0.717, 1.165) is 4.57 Å². The number of imide groups is 1. The first-order valence-corrected chi connectivity index (χ1v) is 18.4. The molecule has 8 rings (SSSR count). The summed E-state index contributed by atoms with van der Waals surface area (Å²) in [4.78, 5) is 76.7. The van der Waals surface area contributed by atoms with E-state index in [1.165, 1.54) is 40.2 Å². The number of rotatable bonds is 8. The Morgan fingerprint density at radius 1 is 0.927 bits per heavy atom. The van der Waals surface area contributed by atoms with Crippen LogP contribution in [0, 0.1) is 11.3 Å². The molecule has 0 bridgehead atoms. The van der Waals surface area contributed by atoms with Gasteiger partial charge in [0.1, 0.15) is 5.69 Å². The van der Waals surface area contributed by atoms with Crippen molar-refractivity contribution in [2.75, 3.05) is 26.2 Å². The van der Waals surface area contributed by atoms with Crippen LogP contribution in [0.15, 0.2) is 85.1 Å². The van der Waals surface area contributed by atoms with Gasteiger partial charge in [0.25, 0.3) is 5.56 Å². The predicted molar refractivity (Wildman–Crippen MR) is 204 cm³/mol. The molecule has 16 heteroatoms. The topological polar surface area (TPSA) is 169 Å². The van der Waals surface area contributed by atoms with Crippen molar-refractivity contribution in [1.82, 2.24) is 23.5 Å². The highest BCUT2D eigenvalue weighted by atomic mass is 79.9. The summed E-state index contributed by atoms with van der Waals surface area (Å²) in [6.45, 7) is 1.65. The van der Waals surface area contributed by atoms with Crippen molar-refractivity contribution < 1.29 is 28.9 Å². The molecule has 2 amide bonds. The third kappa shape index (κ3) is 5.21. The summed E-state index contributed by atoms with van der Waals surface area (Å²) >= 11 is 3.42. The molecule has 2 aromatic heterocycles. The number of ether oxygens (including phenoxy) is 3. The second-order valence-electron chi connectivity index (χ2n) is 14.1. The largest absolute Gasteiger partial charge is 0.503 e. The molecule has 0 radical (unpaired) electrons. The average molecular weight is 814 g/mol. The summed E-state index contributed by atoms with van der Waals surface area (Å²) < 4.78 is 21.9. The molecule has 3 aliphatic rings. The minimum atomic E-state index is -1.31. The lowest BCUT2D eigenvalue weighted by Crippen LogP contribution is -2.49. The van der Waals surface area contributed by atoms with Crippen molar-refractivity contribution in [2.45, 2.75) is 44.8 Å². The van der Waals surface area contributed by atoms with Crippen LogP contribution in [-0.2, 0) is 36.1 Å². The number of fused-ring (bicyclic) bond motifs is 5. The summed E-state index contributed by atoms with van der Waals surface area (Å²) in [7, 11) is 6.02. The molecule has 4 heterocycles. The zero-order valence-corrected chi connectivity index (χ0v) is 32.2. The summed E-state index contributed by atoms with van der Waals surface area (Å²) in [5.74, 6) is -1.55. The van der Waals surface area contributed by atoms with Crippen molar-refractivity contribution >= 4 is 44.5 Å². The number of allylic oxidation sites excluding steroid dienone is 2. The Morgan fingerprint density at radius 3 is 2.31 bits per heavy atom. The third-order valence-electron chi connectivity index (χ3n) is 11.5. The normalized spacial score (nSPS) is 21.6. The van der Waals surface area contributed by atoms with Crippen LogP contribution in [0.2, 0.25) is 0 Å². The molecular weight excluding hydrogens is 776 g/mol. The van der Waals surface area contributed by atoms with Gasteiger partial charge in [-0.25, -0.2) is 33.4 Å². The number of aromatic hydroxyl groups is 1. The van der Waals surface area contributed by atoms with E-state index in [1.807, 2.05) is 6.08 Å². The fourth-order valence-corrected chi connectivity index (χ4v) is 9.19. The number of carbonyl (C=O) groups is 2. The van der Waals surface area contributed by atoms with Gasteiger partial charge in [0.05, 0.1) is 66.4 Å². The molecule has 1 saturated carbocycles. The Bertz CT molecular complexity index is 2660. The van der Waals surface area contributed by atoms with E-state index < -0.39 is 52.0 Å². The Hall–Kier alpha value is -5.90. The minimum absolute atomic E-state index is 0.0166. The number of hydrogen-bond donors (Lipinski definition) is 1. The molecule has 55 heavy (non-hydrogen) atoms. The van der Waals surface area contributed by atoms with Gasteiger partial charge in [0, 0.05) is 38.1 Å². The zero-order chi connectivity index (χ0) is 39.1. The van der Waals surface area contributed by atoms with E-state index in [9.17, 15) is 29.1 Å². The van der Waals surface area contributed by atoms with Crippen molar-refractivity contribution in [3.8, 4) is 23.0 Å². The van der Waals surface area contributed by atoms with Gasteiger partial charge < -0.3 is 23.9 Å². The lowest BCUT2D eigenvalue weighted by Gasteiger charge is -2.47. The van der Waals surface area contributed by atoms with Gasteiger partial charge >= 0.3 is 11.4 Å². The van der Waals surface area contributed by atoms with Gasteiger partial charge in [-0.3, -0.25) is 14.4 Å². The van der Waals surface area contributed by atoms with Crippen LogP contribution in [0.25, 0.3) is 11.0 Å². The summed E-state index contributed by atoms with van der Waals surface area (Å²) in [6.07, 6.45) is 1.90. The van der Waals surface area contributed by atoms with E-state index >= 15 is 0 Å². The number of phenols is 1. The molecule has 2 fully saturated rings. The van der Waals surface area contributed by atoms with Crippen LogP contribution in [0.1, 0.15) is 36.6 Å². The van der Waals surface area contributed by atoms with Crippen LogP contribution in [0.5, 0.6) is 23.0 Å². The average Bonchev–Trinajstić information content (AvgIpc) is 3.55. The van der Waals surface area contributed by atoms with E-state index in [2.05, 4.69) is 20.9 Å². The van der Waals surface area contributed by atoms with Gasteiger partial charge in [-0.2, -0.15) is 0 Å². The van der Waals surface area contributed by atoms with E-state index in [-0.39, 0.29) is 43.1 Å². The van der Waals surface area contributed by atoms with Crippen molar-refractivity contribution in [3.05, 3.63) is 113 Å². The number of para-hydroxylation sites is 1. The molecule has 0 unspecified atom stereocenters. The molecule has 15 nitrogen and oxygen atoms in total. The molecule has 1 saturated heterocycles. The first-order chi connectivity index (χ1) is 26.3. The van der Waals surface area contributed by atoms with Crippen molar-refractivity contribution in [3.63, 3.8) is 0 Å². The maximum absolute atomic E-state index is 14.6. The Morgan fingerprint density at radius 2 is 1.62 bits per heavy atom. The number of hydrogen-bond acceptors (Lipinski definition) is 10. The first kappa shape index (κ1) is 36.1. The minimum Gasteiger partial charge on any atom is -0.503 e. The van der Waals surface area contributed by atoms with Gasteiger partial charge in [0.2, 0.25) is 11.8 Å². The van der Waals surface area contributed by atoms with Gasteiger partial charge in [-0.15, -0.1) is 0 Å². The fraction of sp³-hybridized carbons (Fsp3) is 0.333. The van der Waals surface area contributed by atoms with Crippen molar-refractivity contribution in [2.24, 2.45) is 18.4 Å². The van der Waals surface area contributed by atoms with Gasteiger partial charge in [-0.05, 0) is 64.7 Å². The molecule has 1 N–H and O–H groups in total. The molecule has 4 atom stereocenters. The van der Waals surface area contributed by atoms with Crippen LogP contribution in [0.4, 0.5) is 5.69 Å². The van der Waals surface area contributed by atoms with Crippen LogP contribution >= 0.6 is 15.9 Å². The quantitative estimate of drug-likeness (QED) is 0.180. The highest BCUT2D eigenvalue weighted by Crippen LogP contribution is 2.62. The molecule has 2 aliphatic heterocycles. The SMILES string of the molecule is COc1cc2nc(CCn3c(=O)n4n(c3=O)[C@@H]3C[C@H]5C(=O)N(c6ccccc6)C(=O)[C@@]5(C)[C@@H](c5cc(Br)c(O)c(OC)c5)C3=CC4)c(=O)n(C)c2cc1OC. The number of aryl methyl sites for hydroxylation is 2. The Balaban J connectivity index is 1.22. The number of aromatic nitrogens is 5. The lowest BCUT2D eigenvalue weighted by molar-refractivity contribution is -0.129. The Labute approximate surface area is 321 Å².